The molecule has 0 bridgehead atoms. The summed E-state index contributed by atoms with van der Waals surface area (Å²) in [7, 11) is 1.68. The molecule has 0 saturated heterocycles. The van der Waals surface area contributed by atoms with Crippen LogP contribution in [0.25, 0.3) is 16.9 Å². The molecule has 0 saturated carbocycles. The van der Waals surface area contributed by atoms with E-state index >= 15 is 0 Å². The highest BCUT2D eigenvalue weighted by molar-refractivity contribution is 5.64. The van der Waals surface area contributed by atoms with Gasteiger partial charge in [0, 0.05) is 11.8 Å². The van der Waals surface area contributed by atoms with Gasteiger partial charge in [0.1, 0.15) is 5.75 Å². The predicted octanol–water partition coefficient (Wildman–Crippen LogP) is 4.11. The largest absolute Gasteiger partial charge is 0.497 e. The summed E-state index contributed by atoms with van der Waals surface area (Å²) in [6.45, 7) is 2.15. The minimum Gasteiger partial charge on any atom is -0.497 e. The van der Waals surface area contributed by atoms with Gasteiger partial charge >= 0.3 is 0 Å². The Bertz CT molecular complexity index is 715. The minimum atomic E-state index is 0.860. The summed E-state index contributed by atoms with van der Waals surface area (Å²) in [5, 5.41) is 4.75. The van der Waals surface area contributed by atoms with Crippen molar-refractivity contribution in [3.05, 3.63) is 66.4 Å². The lowest BCUT2D eigenvalue weighted by atomic mass is 10.1. The third-order valence-electron chi connectivity index (χ3n) is 3.56. The van der Waals surface area contributed by atoms with Crippen LogP contribution in [0.15, 0.2) is 60.8 Å². The van der Waals surface area contributed by atoms with Gasteiger partial charge in [-0.3, -0.25) is 0 Å². The predicted molar refractivity (Wildman–Crippen MR) is 84.9 cm³/mol. The number of nitrogens with zero attached hydrogens (tertiary/aromatic N) is 2. The Kier molecular flexibility index (Phi) is 3.73. The average Bonchev–Trinajstić information content (AvgIpc) is 3.00. The smallest absolute Gasteiger partial charge is 0.118 e. The second-order valence-electron chi connectivity index (χ2n) is 4.87. The zero-order chi connectivity index (χ0) is 14.7. The first-order valence-corrected chi connectivity index (χ1v) is 7.10. The normalized spacial score (nSPS) is 10.6. The second-order valence-corrected chi connectivity index (χ2v) is 4.87. The highest BCUT2D eigenvalue weighted by Gasteiger charge is 2.10. The minimum absolute atomic E-state index is 0.860. The molecule has 0 aliphatic carbocycles. The lowest BCUT2D eigenvalue weighted by Gasteiger charge is -2.03. The Labute approximate surface area is 124 Å². The SMILES string of the molecule is CCc1cn(-c2ccccc2)nc1-c1ccc(OC)cc1. The molecule has 3 aromatic rings. The highest BCUT2D eigenvalue weighted by atomic mass is 16.5. The Morgan fingerprint density at radius 3 is 2.33 bits per heavy atom. The van der Waals surface area contributed by atoms with Gasteiger partial charge in [-0.25, -0.2) is 4.68 Å². The Morgan fingerprint density at radius 2 is 1.71 bits per heavy atom. The van der Waals surface area contributed by atoms with Gasteiger partial charge in [0.15, 0.2) is 0 Å². The molecule has 1 heterocycles. The average molecular weight is 278 g/mol. The Balaban J connectivity index is 2.03. The van der Waals surface area contributed by atoms with E-state index in [0.717, 1.165) is 29.1 Å². The summed E-state index contributed by atoms with van der Waals surface area (Å²) >= 11 is 0. The molecular weight excluding hydrogens is 260 g/mol. The van der Waals surface area contributed by atoms with Gasteiger partial charge in [-0.15, -0.1) is 0 Å². The quantitative estimate of drug-likeness (QED) is 0.718. The maximum atomic E-state index is 5.21. The Hall–Kier alpha value is -2.55. The summed E-state index contributed by atoms with van der Waals surface area (Å²) in [4.78, 5) is 0. The van der Waals surface area contributed by atoms with E-state index in [1.807, 2.05) is 35.0 Å². The Morgan fingerprint density at radius 1 is 1.00 bits per heavy atom. The van der Waals surface area contributed by atoms with Crippen LogP contribution in [-0.4, -0.2) is 16.9 Å². The molecule has 0 amide bonds. The number of benzene rings is 2. The van der Waals surface area contributed by atoms with Crippen LogP contribution in [0.1, 0.15) is 12.5 Å². The molecule has 0 N–H and O–H groups in total. The molecule has 2 aromatic carbocycles. The number of para-hydroxylation sites is 1. The van der Waals surface area contributed by atoms with Crippen LogP contribution in [0.2, 0.25) is 0 Å². The van der Waals surface area contributed by atoms with E-state index in [4.69, 9.17) is 9.84 Å². The molecule has 3 heteroatoms. The summed E-state index contributed by atoms with van der Waals surface area (Å²) in [5.74, 6) is 0.860. The van der Waals surface area contributed by atoms with Crippen molar-refractivity contribution in [2.45, 2.75) is 13.3 Å². The van der Waals surface area contributed by atoms with Crippen LogP contribution in [0.3, 0.4) is 0 Å². The van der Waals surface area contributed by atoms with E-state index in [2.05, 4.69) is 37.4 Å². The molecule has 1 aromatic heterocycles. The van der Waals surface area contributed by atoms with Gasteiger partial charge in [-0.2, -0.15) is 5.10 Å². The van der Waals surface area contributed by atoms with Gasteiger partial charge in [0.25, 0.3) is 0 Å². The maximum absolute atomic E-state index is 5.21. The number of aryl methyl sites for hydroxylation is 1. The first kappa shape index (κ1) is 13.4. The van der Waals surface area contributed by atoms with Crippen molar-refractivity contribution in [2.24, 2.45) is 0 Å². The number of ether oxygens (including phenoxy) is 1. The van der Waals surface area contributed by atoms with Crippen molar-refractivity contribution in [1.29, 1.82) is 0 Å². The molecule has 0 atom stereocenters. The third-order valence-corrected chi connectivity index (χ3v) is 3.56. The monoisotopic (exact) mass is 278 g/mol. The van der Waals surface area contributed by atoms with E-state index < -0.39 is 0 Å². The molecule has 21 heavy (non-hydrogen) atoms. The van der Waals surface area contributed by atoms with E-state index in [-0.39, 0.29) is 0 Å². The fraction of sp³-hybridized carbons (Fsp3) is 0.167. The number of hydrogen-bond donors (Lipinski definition) is 0. The zero-order valence-corrected chi connectivity index (χ0v) is 12.3. The molecule has 0 radical (unpaired) electrons. The lowest BCUT2D eigenvalue weighted by Crippen LogP contribution is -1.94. The molecule has 0 fully saturated rings. The summed E-state index contributed by atoms with van der Waals surface area (Å²) in [6.07, 6.45) is 3.06. The van der Waals surface area contributed by atoms with Crippen molar-refractivity contribution >= 4 is 0 Å². The van der Waals surface area contributed by atoms with Crippen LogP contribution in [0, 0.1) is 0 Å². The summed E-state index contributed by atoms with van der Waals surface area (Å²) in [6, 6.07) is 18.2. The molecule has 0 unspecified atom stereocenters. The van der Waals surface area contributed by atoms with Crippen LogP contribution < -0.4 is 4.74 Å². The second kappa shape index (κ2) is 5.83. The number of rotatable bonds is 4. The van der Waals surface area contributed by atoms with Gasteiger partial charge < -0.3 is 4.74 Å². The van der Waals surface area contributed by atoms with Crippen molar-refractivity contribution in [3.63, 3.8) is 0 Å². The van der Waals surface area contributed by atoms with E-state index in [1.165, 1.54) is 5.56 Å². The maximum Gasteiger partial charge on any atom is 0.118 e. The standard InChI is InChI=1S/C18H18N2O/c1-3-14-13-20(16-7-5-4-6-8-16)19-18(14)15-9-11-17(21-2)12-10-15/h4-13H,3H2,1-2H3. The van der Waals surface area contributed by atoms with E-state index in [9.17, 15) is 0 Å². The number of aromatic nitrogens is 2. The number of hydrogen-bond acceptors (Lipinski definition) is 2. The first-order valence-electron chi connectivity index (χ1n) is 7.10. The van der Waals surface area contributed by atoms with Crippen LogP contribution in [-0.2, 0) is 6.42 Å². The van der Waals surface area contributed by atoms with Gasteiger partial charge in [-0.1, -0.05) is 25.1 Å². The molecule has 0 aliphatic rings. The van der Waals surface area contributed by atoms with Crippen LogP contribution >= 0.6 is 0 Å². The van der Waals surface area contributed by atoms with E-state index in [0.29, 0.717) is 0 Å². The van der Waals surface area contributed by atoms with Crippen molar-refractivity contribution in [1.82, 2.24) is 9.78 Å². The summed E-state index contributed by atoms with van der Waals surface area (Å²) < 4.78 is 7.15. The van der Waals surface area contributed by atoms with Gasteiger partial charge in [-0.05, 0) is 48.4 Å². The molecule has 106 valence electrons. The highest BCUT2D eigenvalue weighted by Crippen LogP contribution is 2.26. The summed E-state index contributed by atoms with van der Waals surface area (Å²) in [5.41, 5.74) is 4.46. The molecule has 0 spiro atoms. The number of methoxy groups -OCH3 is 1. The molecule has 0 aliphatic heterocycles. The van der Waals surface area contributed by atoms with Crippen molar-refractivity contribution < 1.29 is 4.74 Å². The van der Waals surface area contributed by atoms with Crippen LogP contribution in [0.4, 0.5) is 0 Å². The zero-order valence-electron chi connectivity index (χ0n) is 12.3. The van der Waals surface area contributed by atoms with Gasteiger partial charge in [0.05, 0.1) is 18.5 Å². The first-order chi connectivity index (χ1) is 10.3. The van der Waals surface area contributed by atoms with Crippen molar-refractivity contribution in [2.75, 3.05) is 7.11 Å². The fourth-order valence-electron chi connectivity index (χ4n) is 2.37. The molecule has 3 rings (SSSR count). The van der Waals surface area contributed by atoms with Crippen LogP contribution in [0.5, 0.6) is 5.75 Å². The topological polar surface area (TPSA) is 27.1 Å². The molecule has 3 nitrogen and oxygen atoms in total. The van der Waals surface area contributed by atoms with Crippen molar-refractivity contribution in [3.8, 4) is 22.7 Å². The van der Waals surface area contributed by atoms with Gasteiger partial charge in [0.2, 0.25) is 0 Å². The molecular formula is C18H18N2O. The van der Waals surface area contributed by atoms with E-state index in [1.54, 1.807) is 7.11 Å². The lowest BCUT2D eigenvalue weighted by molar-refractivity contribution is 0.415. The third kappa shape index (κ3) is 2.68. The fourth-order valence-corrected chi connectivity index (χ4v) is 2.37.